The molecule has 0 unspecified atom stereocenters. The predicted octanol–water partition coefficient (Wildman–Crippen LogP) is 7.34. The second-order valence-electron chi connectivity index (χ2n) is 8.07. The third kappa shape index (κ3) is 15.7. The van der Waals surface area contributed by atoms with Crippen molar-refractivity contribution in [1.29, 1.82) is 0 Å². The van der Waals surface area contributed by atoms with Crippen molar-refractivity contribution in [3.05, 3.63) is 64.9 Å². The van der Waals surface area contributed by atoms with Crippen LogP contribution in [0.25, 0.3) is 0 Å². The van der Waals surface area contributed by atoms with Gasteiger partial charge in [0.25, 0.3) is 0 Å². The number of carbonyl (C=O) groups is 1. The smallest absolute Gasteiger partial charge is 0.306 e. The van der Waals surface area contributed by atoms with Gasteiger partial charge in [0.05, 0.1) is 6.61 Å². The molecule has 29 heavy (non-hydrogen) atoms. The van der Waals surface area contributed by atoms with Crippen molar-refractivity contribution in [3.63, 3.8) is 0 Å². The minimum Gasteiger partial charge on any atom is -0.466 e. The molecule has 162 valence electrons. The van der Waals surface area contributed by atoms with Gasteiger partial charge in [-0.1, -0.05) is 71.3 Å². The van der Waals surface area contributed by atoms with E-state index in [2.05, 4.69) is 50.9 Å². The molecule has 0 N–H and O–H groups in total. The Hall–Kier alpha value is -1.87. The SMILES string of the molecule is CC(C)Cc1ccc(Cl)cc1.CC(C)c1cccnc1.CCOC(=O)CC(C)C. The van der Waals surface area contributed by atoms with Crippen LogP contribution < -0.4 is 0 Å². The Labute approximate surface area is 182 Å². The third-order valence-electron chi connectivity index (χ3n) is 3.79. The maximum Gasteiger partial charge on any atom is 0.306 e. The summed E-state index contributed by atoms with van der Waals surface area (Å²) in [5, 5.41) is 0.817. The fraction of sp³-hybridized carbons (Fsp3) is 0.520. The Morgan fingerprint density at radius 3 is 2.00 bits per heavy atom. The van der Waals surface area contributed by atoms with E-state index < -0.39 is 0 Å². The van der Waals surface area contributed by atoms with E-state index in [1.807, 2.05) is 45.2 Å². The molecule has 2 aromatic rings. The zero-order chi connectivity index (χ0) is 22.2. The molecule has 0 fully saturated rings. The fourth-order valence-electron chi connectivity index (χ4n) is 2.36. The van der Waals surface area contributed by atoms with Crippen molar-refractivity contribution in [3.8, 4) is 0 Å². The summed E-state index contributed by atoms with van der Waals surface area (Å²) < 4.78 is 4.71. The van der Waals surface area contributed by atoms with Crippen LogP contribution in [0.2, 0.25) is 5.02 Å². The second-order valence-corrected chi connectivity index (χ2v) is 8.50. The van der Waals surface area contributed by atoms with E-state index in [0.29, 0.717) is 24.9 Å². The van der Waals surface area contributed by atoms with Crippen LogP contribution >= 0.6 is 11.6 Å². The van der Waals surface area contributed by atoms with Crippen molar-refractivity contribution in [2.75, 3.05) is 6.61 Å². The molecule has 0 radical (unpaired) electrons. The van der Waals surface area contributed by atoms with Crippen LogP contribution in [0.4, 0.5) is 0 Å². The summed E-state index contributed by atoms with van der Waals surface area (Å²) in [5.74, 6) is 1.63. The van der Waals surface area contributed by atoms with Crippen LogP contribution in [0.5, 0.6) is 0 Å². The molecule has 0 aliphatic heterocycles. The molecule has 3 nitrogen and oxygen atoms in total. The molecule has 0 spiro atoms. The van der Waals surface area contributed by atoms with Crippen molar-refractivity contribution in [2.45, 2.75) is 67.2 Å². The second kappa shape index (κ2) is 16.0. The highest BCUT2D eigenvalue weighted by atomic mass is 35.5. The summed E-state index contributed by atoms with van der Waals surface area (Å²) >= 11 is 5.75. The van der Waals surface area contributed by atoms with E-state index in [-0.39, 0.29) is 5.97 Å². The van der Waals surface area contributed by atoms with Crippen molar-refractivity contribution < 1.29 is 9.53 Å². The maximum absolute atomic E-state index is 10.6. The first-order valence-corrected chi connectivity index (χ1v) is 10.8. The zero-order valence-electron chi connectivity index (χ0n) is 19.1. The van der Waals surface area contributed by atoms with Gasteiger partial charge in [0.15, 0.2) is 0 Å². The highest BCUT2D eigenvalue weighted by molar-refractivity contribution is 6.30. The van der Waals surface area contributed by atoms with Gasteiger partial charge in [-0.15, -0.1) is 0 Å². The largest absolute Gasteiger partial charge is 0.466 e. The lowest BCUT2D eigenvalue weighted by Crippen LogP contribution is -2.06. The van der Waals surface area contributed by atoms with Gasteiger partial charge >= 0.3 is 5.97 Å². The van der Waals surface area contributed by atoms with Gasteiger partial charge in [-0.2, -0.15) is 0 Å². The van der Waals surface area contributed by atoms with E-state index in [1.54, 1.807) is 6.20 Å². The molecule has 0 saturated heterocycles. The number of hydrogen-bond donors (Lipinski definition) is 0. The average Bonchev–Trinajstić information content (AvgIpc) is 2.65. The number of pyridine rings is 1. The van der Waals surface area contributed by atoms with Gasteiger partial charge in [0.1, 0.15) is 0 Å². The number of halogens is 1. The standard InChI is InChI=1S/C10H13Cl.C8H11N.C7H14O2/c1-8(2)7-9-3-5-10(11)6-4-9;1-7(2)8-4-3-5-9-6-8;1-4-9-7(8)5-6(2)3/h3-6,8H,7H2,1-2H3;3-7H,1-2H3;6H,4-5H2,1-3H3. The molecule has 1 heterocycles. The first kappa shape index (κ1) is 27.1. The highest BCUT2D eigenvalue weighted by Gasteiger charge is 2.03. The van der Waals surface area contributed by atoms with Crippen LogP contribution in [-0.4, -0.2) is 17.6 Å². The van der Waals surface area contributed by atoms with Crippen LogP contribution in [0.3, 0.4) is 0 Å². The van der Waals surface area contributed by atoms with E-state index in [9.17, 15) is 4.79 Å². The summed E-state index contributed by atoms with van der Waals surface area (Å²) in [6.45, 7) is 15.1. The number of benzene rings is 1. The van der Waals surface area contributed by atoms with Gasteiger partial charge in [0, 0.05) is 23.8 Å². The van der Waals surface area contributed by atoms with Crippen LogP contribution in [0.1, 0.15) is 71.9 Å². The first-order valence-electron chi connectivity index (χ1n) is 10.5. The number of carbonyl (C=O) groups excluding carboxylic acids is 1. The van der Waals surface area contributed by atoms with E-state index in [1.165, 1.54) is 11.1 Å². The quantitative estimate of drug-likeness (QED) is 0.459. The van der Waals surface area contributed by atoms with Crippen LogP contribution in [0.15, 0.2) is 48.8 Å². The molecule has 0 aliphatic carbocycles. The first-order chi connectivity index (χ1) is 13.6. The topological polar surface area (TPSA) is 39.2 Å². The number of esters is 1. The minimum atomic E-state index is -0.0903. The summed E-state index contributed by atoms with van der Waals surface area (Å²) in [6, 6.07) is 12.1. The molecule has 2 rings (SSSR count). The fourth-order valence-corrected chi connectivity index (χ4v) is 2.49. The average molecular weight is 420 g/mol. The lowest BCUT2D eigenvalue weighted by atomic mass is 10.0. The van der Waals surface area contributed by atoms with Crippen molar-refractivity contribution in [1.82, 2.24) is 4.98 Å². The Morgan fingerprint density at radius 2 is 1.62 bits per heavy atom. The molecule has 4 heteroatoms. The van der Waals surface area contributed by atoms with Crippen LogP contribution in [0, 0.1) is 11.8 Å². The number of nitrogens with zero attached hydrogens (tertiary/aromatic N) is 1. The number of aromatic nitrogens is 1. The molecular formula is C25H38ClNO2. The van der Waals surface area contributed by atoms with Gasteiger partial charge < -0.3 is 4.74 Å². The molecule has 0 amide bonds. The van der Waals surface area contributed by atoms with Gasteiger partial charge in [-0.05, 0) is 60.4 Å². The molecule has 1 aromatic carbocycles. The molecule has 0 saturated carbocycles. The van der Waals surface area contributed by atoms with E-state index in [0.717, 1.165) is 17.4 Å². The molecule has 0 bridgehead atoms. The number of hydrogen-bond acceptors (Lipinski definition) is 3. The number of ether oxygens (including phenoxy) is 1. The third-order valence-corrected chi connectivity index (χ3v) is 4.04. The summed E-state index contributed by atoms with van der Waals surface area (Å²) in [6.07, 6.45) is 5.38. The van der Waals surface area contributed by atoms with E-state index >= 15 is 0 Å². The molecule has 0 atom stereocenters. The summed E-state index contributed by atoms with van der Waals surface area (Å²) in [5.41, 5.74) is 2.67. The van der Waals surface area contributed by atoms with Crippen molar-refractivity contribution >= 4 is 17.6 Å². The molecule has 1 aromatic heterocycles. The normalized spacial score (nSPS) is 10.2. The Morgan fingerprint density at radius 1 is 1.00 bits per heavy atom. The van der Waals surface area contributed by atoms with Crippen LogP contribution in [-0.2, 0) is 16.0 Å². The van der Waals surface area contributed by atoms with Gasteiger partial charge in [-0.3, -0.25) is 9.78 Å². The van der Waals surface area contributed by atoms with Crippen molar-refractivity contribution in [2.24, 2.45) is 11.8 Å². The number of rotatable bonds is 6. The lowest BCUT2D eigenvalue weighted by molar-refractivity contribution is -0.143. The maximum atomic E-state index is 10.6. The van der Waals surface area contributed by atoms with Gasteiger partial charge in [-0.25, -0.2) is 0 Å². The zero-order valence-corrected chi connectivity index (χ0v) is 19.9. The Bertz CT molecular complexity index is 652. The molecule has 0 aliphatic rings. The minimum absolute atomic E-state index is 0.0903. The predicted molar refractivity (Wildman–Crippen MR) is 124 cm³/mol. The van der Waals surface area contributed by atoms with E-state index in [4.69, 9.17) is 16.3 Å². The Balaban J connectivity index is 0.000000409. The molecular weight excluding hydrogens is 382 g/mol. The summed E-state index contributed by atoms with van der Waals surface area (Å²) in [7, 11) is 0. The van der Waals surface area contributed by atoms with Gasteiger partial charge in [0.2, 0.25) is 0 Å². The Kier molecular flexibility index (Phi) is 15.0. The highest BCUT2D eigenvalue weighted by Crippen LogP contribution is 2.12. The lowest BCUT2D eigenvalue weighted by Gasteiger charge is -2.03. The monoisotopic (exact) mass is 419 g/mol. The summed E-state index contributed by atoms with van der Waals surface area (Å²) in [4.78, 5) is 14.6.